The van der Waals surface area contributed by atoms with Gasteiger partial charge in [-0.2, -0.15) is 5.06 Å². The van der Waals surface area contributed by atoms with Crippen molar-refractivity contribution in [3.05, 3.63) is 77.9 Å². The zero-order chi connectivity index (χ0) is 22.8. The van der Waals surface area contributed by atoms with E-state index >= 15 is 0 Å². The van der Waals surface area contributed by atoms with Gasteiger partial charge in [-0.05, 0) is 53.6 Å². The Bertz CT molecular complexity index is 952. The fourth-order valence-corrected chi connectivity index (χ4v) is 3.31. The Morgan fingerprint density at radius 1 is 1.09 bits per heavy atom. The van der Waals surface area contributed by atoms with E-state index in [2.05, 4.69) is 15.2 Å². The van der Waals surface area contributed by atoms with E-state index in [1.54, 1.807) is 36.7 Å². The highest BCUT2D eigenvalue weighted by Gasteiger charge is 2.18. The van der Waals surface area contributed by atoms with E-state index in [0.717, 1.165) is 37.4 Å². The van der Waals surface area contributed by atoms with Gasteiger partial charge in [-0.1, -0.05) is 0 Å². The molecular weight excluding hydrogens is 410 g/mol. The van der Waals surface area contributed by atoms with E-state index in [-0.39, 0.29) is 18.2 Å². The Balaban J connectivity index is 1.61. The van der Waals surface area contributed by atoms with Crippen molar-refractivity contribution in [3.8, 4) is 0 Å². The van der Waals surface area contributed by atoms with Crippen LogP contribution in [0.2, 0.25) is 0 Å². The van der Waals surface area contributed by atoms with Crippen molar-refractivity contribution >= 4 is 23.5 Å². The number of pyridine rings is 1. The van der Waals surface area contributed by atoms with Crippen LogP contribution in [-0.4, -0.2) is 66.7 Å². The molecule has 0 atom stereocenters. The summed E-state index contributed by atoms with van der Waals surface area (Å²) in [5, 5.41) is 13.3. The molecule has 168 valence electrons. The van der Waals surface area contributed by atoms with Crippen LogP contribution in [0, 0.1) is 0 Å². The molecule has 1 aromatic carbocycles. The fraction of sp³-hybridized carbons (Fsp3) is 0.261. The number of nitrogens with one attached hydrogen (secondary N) is 1. The Labute approximate surface area is 186 Å². The SMILES string of the molecule is N/C=C(\C=C(/C=O)NC(=O)c1ccc(N2CCN(OCCO)CC2)cc1)c1ccncc1. The van der Waals surface area contributed by atoms with Gasteiger partial charge in [0.1, 0.15) is 0 Å². The van der Waals surface area contributed by atoms with Crippen molar-refractivity contribution < 1.29 is 19.5 Å². The van der Waals surface area contributed by atoms with E-state index in [1.807, 2.05) is 17.2 Å². The highest BCUT2D eigenvalue weighted by atomic mass is 16.7. The van der Waals surface area contributed by atoms with Crippen LogP contribution < -0.4 is 16.0 Å². The first-order valence-electron chi connectivity index (χ1n) is 10.3. The number of nitrogens with zero attached hydrogens (tertiary/aromatic N) is 3. The Morgan fingerprint density at radius 3 is 2.38 bits per heavy atom. The van der Waals surface area contributed by atoms with Crippen molar-refractivity contribution in [2.24, 2.45) is 5.73 Å². The summed E-state index contributed by atoms with van der Waals surface area (Å²) in [6.45, 7) is 3.30. The summed E-state index contributed by atoms with van der Waals surface area (Å²) in [5.41, 5.74) is 8.60. The van der Waals surface area contributed by atoms with Gasteiger partial charge in [0.2, 0.25) is 0 Å². The molecule has 2 aromatic rings. The number of carbonyl (C=O) groups is 2. The third-order valence-corrected chi connectivity index (χ3v) is 4.99. The number of aldehydes is 1. The van der Waals surface area contributed by atoms with Crippen LogP contribution in [0.25, 0.3) is 5.57 Å². The first-order valence-corrected chi connectivity index (χ1v) is 10.3. The molecule has 0 unspecified atom stereocenters. The molecule has 0 bridgehead atoms. The number of nitrogens with two attached hydrogens (primary N) is 1. The van der Waals surface area contributed by atoms with Crippen molar-refractivity contribution in [1.82, 2.24) is 15.4 Å². The molecule has 0 radical (unpaired) electrons. The summed E-state index contributed by atoms with van der Waals surface area (Å²) in [7, 11) is 0. The number of anilines is 1. The molecule has 1 saturated heterocycles. The van der Waals surface area contributed by atoms with Crippen LogP contribution in [0.15, 0.2) is 66.8 Å². The molecule has 9 heteroatoms. The van der Waals surface area contributed by atoms with Gasteiger partial charge < -0.3 is 21.1 Å². The molecule has 0 aliphatic carbocycles. The smallest absolute Gasteiger partial charge is 0.255 e. The second-order valence-electron chi connectivity index (χ2n) is 7.05. The third-order valence-electron chi connectivity index (χ3n) is 4.99. The number of aliphatic hydroxyl groups excluding tert-OH is 1. The zero-order valence-electron chi connectivity index (χ0n) is 17.7. The number of hydroxylamine groups is 2. The molecule has 1 aromatic heterocycles. The molecule has 1 amide bonds. The van der Waals surface area contributed by atoms with Crippen LogP contribution in [0.3, 0.4) is 0 Å². The lowest BCUT2D eigenvalue weighted by atomic mass is 10.1. The fourth-order valence-electron chi connectivity index (χ4n) is 3.31. The second kappa shape index (κ2) is 11.8. The van der Waals surface area contributed by atoms with Crippen LogP contribution in [-0.2, 0) is 9.63 Å². The van der Waals surface area contributed by atoms with Gasteiger partial charge >= 0.3 is 0 Å². The summed E-state index contributed by atoms with van der Waals surface area (Å²) in [6, 6.07) is 10.7. The molecule has 1 aliphatic rings. The quantitative estimate of drug-likeness (QED) is 0.301. The maximum absolute atomic E-state index is 12.6. The largest absolute Gasteiger partial charge is 0.404 e. The highest BCUT2D eigenvalue weighted by molar-refractivity contribution is 5.99. The molecule has 0 spiro atoms. The van der Waals surface area contributed by atoms with E-state index in [9.17, 15) is 9.59 Å². The van der Waals surface area contributed by atoms with Gasteiger partial charge in [-0.3, -0.25) is 19.4 Å². The van der Waals surface area contributed by atoms with Gasteiger partial charge in [-0.25, -0.2) is 0 Å². The number of benzene rings is 1. The summed E-state index contributed by atoms with van der Waals surface area (Å²) < 4.78 is 0. The molecule has 2 heterocycles. The average Bonchev–Trinajstić information content (AvgIpc) is 2.86. The normalized spacial score (nSPS) is 15.5. The van der Waals surface area contributed by atoms with Crippen molar-refractivity contribution in [1.29, 1.82) is 0 Å². The van der Waals surface area contributed by atoms with E-state index in [0.29, 0.717) is 24.0 Å². The van der Waals surface area contributed by atoms with Crippen LogP contribution in [0.5, 0.6) is 0 Å². The standard InChI is InChI=1S/C23H27N5O4/c24-16-20(18-5-7-25-8-6-18)15-21(17-30)26-23(31)19-1-3-22(4-2-19)27-9-11-28(12-10-27)32-14-13-29/h1-8,15-17,29H,9-14,24H2,(H,26,31)/b20-16+,21-15+. The number of piperazine rings is 1. The van der Waals surface area contributed by atoms with Gasteiger partial charge in [0.15, 0.2) is 6.29 Å². The summed E-state index contributed by atoms with van der Waals surface area (Å²) in [4.78, 5) is 35.7. The first kappa shape index (κ1) is 23.1. The second-order valence-corrected chi connectivity index (χ2v) is 7.05. The topological polar surface area (TPSA) is 121 Å². The number of hydrogen-bond acceptors (Lipinski definition) is 8. The lowest BCUT2D eigenvalue weighted by Crippen LogP contribution is -2.46. The van der Waals surface area contributed by atoms with Crippen molar-refractivity contribution in [2.75, 3.05) is 44.3 Å². The maximum Gasteiger partial charge on any atom is 0.255 e. The monoisotopic (exact) mass is 437 g/mol. The van der Waals surface area contributed by atoms with Crippen LogP contribution in [0.4, 0.5) is 5.69 Å². The van der Waals surface area contributed by atoms with Crippen LogP contribution >= 0.6 is 0 Å². The van der Waals surface area contributed by atoms with E-state index < -0.39 is 0 Å². The lowest BCUT2D eigenvalue weighted by Gasteiger charge is -2.35. The van der Waals surface area contributed by atoms with Crippen molar-refractivity contribution in [3.63, 3.8) is 0 Å². The number of amides is 1. The Morgan fingerprint density at radius 2 is 1.78 bits per heavy atom. The van der Waals surface area contributed by atoms with Crippen LogP contribution in [0.1, 0.15) is 15.9 Å². The minimum Gasteiger partial charge on any atom is -0.404 e. The summed E-state index contributed by atoms with van der Waals surface area (Å²) >= 11 is 0. The van der Waals surface area contributed by atoms with E-state index in [1.165, 1.54) is 12.3 Å². The number of allylic oxidation sites excluding steroid dienone is 3. The summed E-state index contributed by atoms with van der Waals surface area (Å²) in [6.07, 6.45) is 6.71. The number of rotatable bonds is 9. The first-order chi connectivity index (χ1) is 15.6. The zero-order valence-corrected chi connectivity index (χ0v) is 17.7. The third kappa shape index (κ3) is 6.24. The number of aliphatic hydroxyl groups is 1. The van der Waals surface area contributed by atoms with Gasteiger partial charge in [0, 0.05) is 56.0 Å². The highest BCUT2D eigenvalue weighted by Crippen LogP contribution is 2.18. The average molecular weight is 438 g/mol. The number of aromatic nitrogens is 1. The number of hydrogen-bond donors (Lipinski definition) is 3. The molecule has 1 fully saturated rings. The van der Waals surface area contributed by atoms with Gasteiger partial charge in [0.25, 0.3) is 5.91 Å². The number of carbonyl (C=O) groups excluding carboxylic acids is 2. The molecule has 9 nitrogen and oxygen atoms in total. The Kier molecular flexibility index (Phi) is 8.50. The van der Waals surface area contributed by atoms with Crippen molar-refractivity contribution in [2.45, 2.75) is 0 Å². The maximum atomic E-state index is 12.6. The molecule has 1 aliphatic heterocycles. The van der Waals surface area contributed by atoms with E-state index in [4.69, 9.17) is 15.7 Å². The van der Waals surface area contributed by atoms with Gasteiger partial charge in [-0.15, -0.1) is 0 Å². The predicted molar refractivity (Wildman–Crippen MR) is 121 cm³/mol. The minimum atomic E-state index is -0.386. The molecule has 3 rings (SSSR count). The Hall–Kier alpha value is -3.53. The molecular formula is C23H27N5O4. The molecule has 32 heavy (non-hydrogen) atoms. The van der Waals surface area contributed by atoms with Gasteiger partial charge in [0.05, 0.1) is 18.9 Å². The minimum absolute atomic E-state index is 0.00168. The predicted octanol–water partition coefficient (Wildman–Crippen LogP) is 0.940. The summed E-state index contributed by atoms with van der Waals surface area (Å²) in [5.74, 6) is -0.386. The lowest BCUT2D eigenvalue weighted by molar-refractivity contribution is -0.167. The molecule has 0 saturated carbocycles. The molecule has 4 N–H and O–H groups in total.